The van der Waals surface area contributed by atoms with Gasteiger partial charge >= 0.3 is 0 Å². The summed E-state index contributed by atoms with van der Waals surface area (Å²) in [5.74, 6) is 1.94. The van der Waals surface area contributed by atoms with Crippen LogP contribution < -0.4 is 5.32 Å². The zero-order valence-corrected chi connectivity index (χ0v) is 11.6. The molecule has 1 saturated heterocycles. The molecule has 2 heterocycles. The quantitative estimate of drug-likeness (QED) is 0.895. The highest BCUT2D eigenvalue weighted by Gasteiger charge is 2.33. The molecule has 1 aliphatic rings. The van der Waals surface area contributed by atoms with Gasteiger partial charge in [-0.3, -0.25) is 4.68 Å². The van der Waals surface area contributed by atoms with Crippen LogP contribution in [0.4, 0.5) is 0 Å². The highest BCUT2D eigenvalue weighted by atomic mass is 15.3. The number of piperidine rings is 1. The molecule has 0 amide bonds. The lowest BCUT2D eigenvalue weighted by Gasteiger charge is -2.32. The summed E-state index contributed by atoms with van der Waals surface area (Å²) >= 11 is 0. The van der Waals surface area contributed by atoms with Crippen molar-refractivity contribution in [2.45, 2.75) is 25.2 Å². The second kappa shape index (κ2) is 4.78. The number of nitrogens with zero attached hydrogens (tertiary/aromatic N) is 3. The van der Waals surface area contributed by atoms with Crippen molar-refractivity contribution >= 4 is 0 Å². The van der Waals surface area contributed by atoms with Crippen molar-refractivity contribution in [3.8, 4) is 11.4 Å². The molecule has 100 valence electrons. The van der Waals surface area contributed by atoms with Crippen LogP contribution >= 0.6 is 0 Å². The van der Waals surface area contributed by atoms with E-state index in [2.05, 4.69) is 29.5 Å². The lowest BCUT2D eigenvalue weighted by molar-refractivity contribution is 0.309. The zero-order valence-electron chi connectivity index (χ0n) is 11.6. The lowest BCUT2D eigenvalue weighted by Crippen LogP contribution is -2.39. The van der Waals surface area contributed by atoms with Crippen LogP contribution in [0.1, 0.15) is 25.6 Å². The van der Waals surface area contributed by atoms with Crippen molar-refractivity contribution in [1.29, 1.82) is 0 Å². The molecule has 0 saturated carbocycles. The standard InChI is InChI=1S/C15H20N4/c1-15(8-10-16-11-9-15)14-17-13(18-19(14)2)12-6-4-3-5-7-12/h3-7,16H,8-11H2,1-2H3. The maximum atomic E-state index is 4.80. The smallest absolute Gasteiger partial charge is 0.181 e. The fourth-order valence-electron chi connectivity index (χ4n) is 2.82. The van der Waals surface area contributed by atoms with Crippen LogP contribution in [0, 0.1) is 0 Å². The average molecular weight is 256 g/mol. The summed E-state index contributed by atoms with van der Waals surface area (Å²) in [4.78, 5) is 4.80. The molecule has 0 aliphatic carbocycles. The second-order valence-electron chi connectivity index (χ2n) is 5.56. The Labute approximate surface area is 113 Å². The van der Waals surface area contributed by atoms with E-state index in [1.54, 1.807) is 0 Å². The Kier molecular flexibility index (Phi) is 3.11. The van der Waals surface area contributed by atoms with Crippen molar-refractivity contribution in [2.24, 2.45) is 7.05 Å². The molecule has 1 aromatic carbocycles. The molecule has 4 nitrogen and oxygen atoms in total. The zero-order chi connectivity index (χ0) is 13.3. The fraction of sp³-hybridized carbons (Fsp3) is 0.467. The maximum absolute atomic E-state index is 4.80. The molecule has 4 heteroatoms. The Morgan fingerprint density at radius 3 is 2.53 bits per heavy atom. The Hall–Kier alpha value is -1.68. The Morgan fingerprint density at radius 2 is 1.84 bits per heavy atom. The average Bonchev–Trinajstić information content (AvgIpc) is 2.84. The largest absolute Gasteiger partial charge is 0.317 e. The first-order chi connectivity index (χ1) is 9.19. The Balaban J connectivity index is 1.98. The molecule has 1 fully saturated rings. The van der Waals surface area contributed by atoms with E-state index in [4.69, 9.17) is 4.98 Å². The number of hydrogen-bond donors (Lipinski definition) is 1. The highest BCUT2D eigenvalue weighted by Crippen LogP contribution is 2.32. The molecular formula is C15H20N4. The van der Waals surface area contributed by atoms with Gasteiger partial charge in [0.15, 0.2) is 5.82 Å². The Morgan fingerprint density at radius 1 is 1.16 bits per heavy atom. The number of benzene rings is 1. The third-order valence-corrected chi connectivity index (χ3v) is 4.04. The first-order valence-corrected chi connectivity index (χ1v) is 6.87. The summed E-state index contributed by atoms with van der Waals surface area (Å²) in [6.45, 7) is 4.42. The number of rotatable bonds is 2. The van der Waals surface area contributed by atoms with Gasteiger partial charge in [-0.1, -0.05) is 37.3 Å². The van der Waals surface area contributed by atoms with E-state index >= 15 is 0 Å². The minimum atomic E-state index is 0.139. The Bertz CT molecular complexity index is 553. The predicted octanol–water partition coefficient (Wildman–Crippen LogP) is 2.12. The van der Waals surface area contributed by atoms with Gasteiger partial charge in [-0.2, -0.15) is 5.10 Å². The van der Waals surface area contributed by atoms with E-state index < -0.39 is 0 Å². The molecule has 1 aliphatic heterocycles. The summed E-state index contributed by atoms with van der Waals surface area (Å²) < 4.78 is 1.95. The van der Waals surface area contributed by atoms with Crippen molar-refractivity contribution < 1.29 is 0 Å². The van der Waals surface area contributed by atoms with Crippen LogP contribution in [-0.2, 0) is 12.5 Å². The molecule has 0 bridgehead atoms. The summed E-state index contributed by atoms with van der Waals surface area (Å²) in [6, 6.07) is 10.2. The van der Waals surface area contributed by atoms with Gasteiger partial charge in [0.2, 0.25) is 0 Å². The summed E-state index contributed by atoms with van der Waals surface area (Å²) in [6.07, 6.45) is 2.24. The second-order valence-corrected chi connectivity index (χ2v) is 5.56. The van der Waals surface area contributed by atoms with Gasteiger partial charge in [-0.05, 0) is 25.9 Å². The lowest BCUT2D eigenvalue weighted by atomic mass is 9.80. The molecule has 19 heavy (non-hydrogen) atoms. The van der Waals surface area contributed by atoms with Gasteiger partial charge < -0.3 is 5.32 Å². The van der Waals surface area contributed by atoms with Crippen LogP contribution in [0.15, 0.2) is 30.3 Å². The minimum absolute atomic E-state index is 0.139. The third-order valence-electron chi connectivity index (χ3n) is 4.04. The van der Waals surface area contributed by atoms with E-state index in [1.807, 2.05) is 29.9 Å². The topological polar surface area (TPSA) is 42.7 Å². The van der Waals surface area contributed by atoms with Gasteiger partial charge in [-0.25, -0.2) is 4.98 Å². The predicted molar refractivity (Wildman–Crippen MR) is 75.9 cm³/mol. The van der Waals surface area contributed by atoms with Crippen LogP contribution in [0.3, 0.4) is 0 Å². The third kappa shape index (κ3) is 2.28. The fourth-order valence-corrected chi connectivity index (χ4v) is 2.82. The van der Waals surface area contributed by atoms with Gasteiger partial charge in [0.05, 0.1) is 0 Å². The van der Waals surface area contributed by atoms with Gasteiger partial charge in [0.25, 0.3) is 0 Å². The number of nitrogens with one attached hydrogen (secondary N) is 1. The molecule has 1 N–H and O–H groups in total. The SMILES string of the molecule is Cn1nc(-c2ccccc2)nc1C1(C)CCNCC1. The van der Waals surface area contributed by atoms with Gasteiger partial charge in [0.1, 0.15) is 5.82 Å². The molecular weight excluding hydrogens is 236 g/mol. The van der Waals surface area contributed by atoms with Crippen LogP contribution in [-0.4, -0.2) is 27.9 Å². The van der Waals surface area contributed by atoms with Crippen molar-refractivity contribution in [3.63, 3.8) is 0 Å². The molecule has 1 aromatic heterocycles. The van der Waals surface area contributed by atoms with Crippen LogP contribution in [0.5, 0.6) is 0 Å². The molecule has 3 rings (SSSR count). The number of hydrogen-bond acceptors (Lipinski definition) is 3. The van der Waals surface area contributed by atoms with E-state index in [0.717, 1.165) is 43.1 Å². The van der Waals surface area contributed by atoms with E-state index in [9.17, 15) is 0 Å². The maximum Gasteiger partial charge on any atom is 0.181 e. The normalized spacial score (nSPS) is 18.4. The summed E-state index contributed by atoms with van der Waals surface area (Å²) in [7, 11) is 2.00. The highest BCUT2D eigenvalue weighted by molar-refractivity contribution is 5.54. The molecule has 0 spiro atoms. The number of aromatic nitrogens is 3. The molecule has 0 radical (unpaired) electrons. The molecule has 0 atom stereocenters. The van der Waals surface area contributed by atoms with E-state index in [0.29, 0.717) is 0 Å². The number of aryl methyl sites for hydroxylation is 1. The summed E-state index contributed by atoms with van der Waals surface area (Å²) in [5, 5.41) is 8.00. The summed E-state index contributed by atoms with van der Waals surface area (Å²) in [5.41, 5.74) is 1.22. The van der Waals surface area contributed by atoms with Crippen molar-refractivity contribution in [1.82, 2.24) is 20.1 Å². The van der Waals surface area contributed by atoms with Gasteiger partial charge in [0, 0.05) is 18.0 Å². The first kappa shape index (κ1) is 12.4. The first-order valence-electron chi connectivity index (χ1n) is 6.87. The monoisotopic (exact) mass is 256 g/mol. The van der Waals surface area contributed by atoms with Crippen LogP contribution in [0.2, 0.25) is 0 Å². The van der Waals surface area contributed by atoms with Crippen LogP contribution in [0.25, 0.3) is 11.4 Å². The van der Waals surface area contributed by atoms with E-state index in [-0.39, 0.29) is 5.41 Å². The molecule has 0 unspecified atom stereocenters. The van der Waals surface area contributed by atoms with Crippen molar-refractivity contribution in [3.05, 3.63) is 36.2 Å². The molecule has 2 aromatic rings. The van der Waals surface area contributed by atoms with Gasteiger partial charge in [-0.15, -0.1) is 0 Å². The van der Waals surface area contributed by atoms with E-state index in [1.165, 1.54) is 0 Å². The minimum Gasteiger partial charge on any atom is -0.317 e. The van der Waals surface area contributed by atoms with Crippen molar-refractivity contribution in [2.75, 3.05) is 13.1 Å².